The average Bonchev–Trinajstić information content (AvgIpc) is 2.38. The molecule has 0 aliphatic carbocycles. The van der Waals surface area contributed by atoms with E-state index in [-0.39, 0.29) is 5.56 Å². The highest BCUT2D eigenvalue weighted by Crippen LogP contribution is 2.18. The predicted octanol–water partition coefficient (Wildman–Crippen LogP) is 4.21. The molecule has 0 amide bonds. The van der Waals surface area contributed by atoms with E-state index in [2.05, 4.69) is 10.2 Å². The molecule has 0 heterocycles. The second-order valence-corrected chi connectivity index (χ2v) is 3.36. The second kappa shape index (κ2) is 5.12. The van der Waals surface area contributed by atoms with E-state index in [4.69, 9.17) is 0 Å². The van der Waals surface area contributed by atoms with Crippen molar-refractivity contribution < 1.29 is 9.18 Å². The molecule has 84 valence electrons. The van der Waals surface area contributed by atoms with Crippen LogP contribution in [0.25, 0.3) is 0 Å². The summed E-state index contributed by atoms with van der Waals surface area (Å²) in [5.41, 5.74) is 1.32. The van der Waals surface area contributed by atoms with Gasteiger partial charge in [-0.15, -0.1) is 0 Å². The van der Waals surface area contributed by atoms with Crippen LogP contribution in [0.1, 0.15) is 10.4 Å². The van der Waals surface area contributed by atoms with Gasteiger partial charge >= 0.3 is 6.04 Å². The molecule has 2 aromatic rings. The van der Waals surface area contributed by atoms with Gasteiger partial charge in [0.25, 0.3) is 0 Å². The van der Waals surface area contributed by atoms with Crippen molar-refractivity contribution in [1.82, 2.24) is 0 Å². The Morgan fingerprint density at radius 3 is 1.88 bits per heavy atom. The lowest BCUT2D eigenvalue weighted by atomic mass is 10.2. The molecule has 17 heavy (non-hydrogen) atoms. The third-order valence-corrected chi connectivity index (χ3v) is 2.13. The number of rotatable bonds is 3. The number of nitrogens with zero attached hydrogens (tertiary/aromatic N) is 2. The molecule has 0 spiro atoms. The van der Waals surface area contributed by atoms with Crippen LogP contribution >= 0.6 is 0 Å². The number of carbonyl (C=O) groups excluding carboxylic acids is 1. The second-order valence-electron chi connectivity index (χ2n) is 3.36. The molecule has 0 bridgehead atoms. The Kier molecular flexibility index (Phi) is 3.35. The van der Waals surface area contributed by atoms with E-state index < -0.39 is 6.04 Å². The fourth-order valence-corrected chi connectivity index (χ4v) is 1.27. The number of hydrogen-bond acceptors (Lipinski definition) is 3. The molecule has 0 radical (unpaired) electrons. The molecule has 0 fully saturated rings. The molecule has 2 rings (SSSR count). The van der Waals surface area contributed by atoms with Crippen LogP contribution in [0.3, 0.4) is 0 Å². The van der Waals surface area contributed by atoms with Gasteiger partial charge in [-0.25, -0.2) is 0 Å². The fourth-order valence-electron chi connectivity index (χ4n) is 1.27. The van der Waals surface area contributed by atoms with Gasteiger partial charge in [0.15, 0.2) is 0 Å². The largest absolute Gasteiger partial charge is 0.332 e. The summed E-state index contributed by atoms with van der Waals surface area (Å²) in [4.78, 5) is 10.4. The van der Waals surface area contributed by atoms with Crippen molar-refractivity contribution in [2.45, 2.75) is 0 Å². The standard InChI is InChI=1S/C13H9FN2O/c14-13(17)10-6-8-12(9-7-10)16-15-11-4-2-1-3-5-11/h1-9H. The SMILES string of the molecule is O=C(F)c1ccc(N=Nc2ccccc2)cc1. The summed E-state index contributed by atoms with van der Waals surface area (Å²) in [5, 5.41) is 7.97. The lowest BCUT2D eigenvalue weighted by molar-refractivity contribution is 0.0836. The third kappa shape index (κ3) is 3.04. The predicted molar refractivity (Wildman–Crippen MR) is 62.5 cm³/mol. The van der Waals surface area contributed by atoms with E-state index in [9.17, 15) is 9.18 Å². The number of benzene rings is 2. The van der Waals surface area contributed by atoms with Gasteiger partial charge in [-0.3, -0.25) is 4.79 Å². The summed E-state index contributed by atoms with van der Waals surface area (Å²) in [6.07, 6.45) is 0. The first-order valence-corrected chi connectivity index (χ1v) is 5.02. The van der Waals surface area contributed by atoms with Crippen LogP contribution in [0.4, 0.5) is 15.8 Å². The van der Waals surface area contributed by atoms with Crippen LogP contribution in [0, 0.1) is 0 Å². The van der Waals surface area contributed by atoms with Crippen LogP contribution < -0.4 is 0 Å². The minimum Gasteiger partial charge on any atom is -0.255 e. The maximum absolute atomic E-state index is 12.3. The number of halogens is 1. The van der Waals surface area contributed by atoms with Gasteiger partial charge in [0.2, 0.25) is 0 Å². The first-order chi connectivity index (χ1) is 8.25. The Bertz CT molecular complexity index is 535. The Hall–Kier alpha value is -2.36. The molecule has 0 saturated heterocycles. The molecule has 0 N–H and O–H groups in total. The normalized spacial score (nSPS) is 10.6. The molecule has 2 aromatic carbocycles. The van der Waals surface area contributed by atoms with E-state index in [1.807, 2.05) is 30.3 Å². The van der Waals surface area contributed by atoms with Gasteiger partial charge in [-0.1, -0.05) is 18.2 Å². The van der Waals surface area contributed by atoms with E-state index in [0.29, 0.717) is 5.69 Å². The van der Waals surface area contributed by atoms with Crippen molar-refractivity contribution in [2.75, 3.05) is 0 Å². The quantitative estimate of drug-likeness (QED) is 0.573. The van der Waals surface area contributed by atoms with Crippen LogP contribution in [-0.4, -0.2) is 6.04 Å². The minimum absolute atomic E-state index is 0.0173. The van der Waals surface area contributed by atoms with E-state index in [1.165, 1.54) is 12.1 Å². The minimum atomic E-state index is -1.45. The van der Waals surface area contributed by atoms with Gasteiger partial charge in [-0.05, 0) is 36.4 Å². The summed E-state index contributed by atoms with van der Waals surface area (Å²) in [5.74, 6) is 0. The van der Waals surface area contributed by atoms with E-state index >= 15 is 0 Å². The number of hydrogen-bond donors (Lipinski definition) is 0. The summed E-state index contributed by atoms with van der Waals surface area (Å²) < 4.78 is 12.3. The highest BCUT2D eigenvalue weighted by Gasteiger charge is 2.01. The molecule has 3 nitrogen and oxygen atoms in total. The molecule has 0 aromatic heterocycles. The average molecular weight is 228 g/mol. The molecule has 4 heteroatoms. The van der Waals surface area contributed by atoms with Crippen LogP contribution in [0.5, 0.6) is 0 Å². The molecule has 0 saturated carbocycles. The third-order valence-electron chi connectivity index (χ3n) is 2.13. The first-order valence-electron chi connectivity index (χ1n) is 5.02. The fraction of sp³-hybridized carbons (Fsp3) is 0. The zero-order chi connectivity index (χ0) is 12.1. The Balaban J connectivity index is 2.14. The molecule has 0 aliphatic heterocycles. The van der Waals surface area contributed by atoms with Crippen LogP contribution in [0.2, 0.25) is 0 Å². The summed E-state index contributed by atoms with van der Waals surface area (Å²) in [6.45, 7) is 0. The van der Waals surface area contributed by atoms with Crippen molar-refractivity contribution in [3.8, 4) is 0 Å². The maximum Gasteiger partial charge on any atom is 0.332 e. The maximum atomic E-state index is 12.3. The molecule has 0 atom stereocenters. The number of carbonyl (C=O) groups is 1. The van der Waals surface area contributed by atoms with E-state index in [0.717, 1.165) is 5.69 Å². The lowest BCUT2D eigenvalue weighted by Gasteiger charge is -1.94. The summed E-state index contributed by atoms with van der Waals surface area (Å²) >= 11 is 0. The van der Waals surface area contributed by atoms with Crippen molar-refractivity contribution in [3.63, 3.8) is 0 Å². The van der Waals surface area contributed by atoms with Crippen molar-refractivity contribution in [2.24, 2.45) is 10.2 Å². The zero-order valence-corrected chi connectivity index (χ0v) is 8.88. The molecular formula is C13H9FN2O. The Morgan fingerprint density at radius 1 is 0.824 bits per heavy atom. The molecular weight excluding hydrogens is 219 g/mol. The Labute approximate surface area is 97.6 Å². The van der Waals surface area contributed by atoms with Gasteiger partial charge < -0.3 is 0 Å². The highest BCUT2D eigenvalue weighted by atomic mass is 19.1. The Morgan fingerprint density at radius 2 is 1.35 bits per heavy atom. The van der Waals surface area contributed by atoms with Crippen molar-refractivity contribution >= 4 is 17.4 Å². The zero-order valence-electron chi connectivity index (χ0n) is 8.88. The van der Waals surface area contributed by atoms with Crippen molar-refractivity contribution in [1.29, 1.82) is 0 Å². The van der Waals surface area contributed by atoms with Gasteiger partial charge in [0.05, 0.1) is 16.9 Å². The summed E-state index contributed by atoms with van der Waals surface area (Å²) in [7, 11) is 0. The smallest absolute Gasteiger partial charge is 0.255 e. The molecule has 0 aliphatic rings. The van der Waals surface area contributed by atoms with E-state index in [1.54, 1.807) is 12.1 Å². The topological polar surface area (TPSA) is 41.8 Å². The van der Waals surface area contributed by atoms with Gasteiger partial charge in [0, 0.05) is 0 Å². The van der Waals surface area contributed by atoms with Gasteiger partial charge in [-0.2, -0.15) is 14.6 Å². The molecule has 0 unspecified atom stereocenters. The summed E-state index contributed by atoms with van der Waals surface area (Å²) in [6, 6.07) is 13.6. The first kappa shape index (κ1) is 11.1. The number of azo groups is 1. The lowest BCUT2D eigenvalue weighted by Crippen LogP contribution is -1.87. The van der Waals surface area contributed by atoms with Crippen LogP contribution in [-0.2, 0) is 0 Å². The van der Waals surface area contributed by atoms with Crippen LogP contribution in [0.15, 0.2) is 64.8 Å². The monoisotopic (exact) mass is 228 g/mol. The van der Waals surface area contributed by atoms with Crippen molar-refractivity contribution in [3.05, 3.63) is 60.2 Å². The highest BCUT2D eigenvalue weighted by molar-refractivity contribution is 5.88. The van der Waals surface area contributed by atoms with Gasteiger partial charge in [0.1, 0.15) is 0 Å².